The first-order chi connectivity index (χ1) is 10.7. The Morgan fingerprint density at radius 2 is 2.22 bits per heavy atom. The molecule has 0 saturated heterocycles. The largest absolute Gasteiger partial charge is 0.354 e. The average Bonchev–Trinajstić information content (AvgIpc) is 3.04. The third-order valence-electron chi connectivity index (χ3n) is 2.84. The summed E-state index contributed by atoms with van der Waals surface area (Å²) in [5.41, 5.74) is 1.01. The van der Waals surface area contributed by atoms with Crippen molar-refractivity contribution in [3.8, 4) is 5.82 Å². The molecule has 0 aliphatic carbocycles. The number of nitrogens with zero attached hydrogens (tertiary/aromatic N) is 4. The van der Waals surface area contributed by atoms with E-state index in [1.807, 2.05) is 24.4 Å². The number of halogens is 1. The molecule has 0 unspecified atom stereocenters. The molecule has 0 spiro atoms. The lowest BCUT2D eigenvalue weighted by Gasteiger charge is -2.14. The maximum atomic E-state index is 4.61. The minimum absolute atomic E-state index is 0. The van der Waals surface area contributed by atoms with Crippen molar-refractivity contribution in [2.24, 2.45) is 4.99 Å². The second-order valence-corrected chi connectivity index (χ2v) is 5.07. The van der Waals surface area contributed by atoms with Gasteiger partial charge in [-0.2, -0.15) is 5.10 Å². The molecule has 0 bridgehead atoms. The van der Waals surface area contributed by atoms with Crippen LogP contribution in [0.1, 0.15) is 19.4 Å². The Hall–Kier alpha value is -1.90. The molecule has 0 radical (unpaired) electrons. The summed E-state index contributed by atoms with van der Waals surface area (Å²) in [5, 5.41) is 10.7. The Balaban J connectivity index is 0.00000264. The summed E-state index contributed by atoms with van der Waals surface area (Å²) >= 11 is 0. The predicted molar refractivity (Wildman–Crippen MR) is 104 cm³/mol. The second-order valence-electron chi connectivity index (χ2n) is 5.07. The maximum Gasteiger partial charge on any atom is 0.192 e. The molecule has 2 N–H and O–H groups in total. The van der Waals surface area contributed by atoms with Crippen LogP contribution in [0.2, 0.25) is 0 Å². The Bertz CT molecular complexity index is 621. The van der Waals surface area contributed by atoms with Crippen molar-refractivity contribution in [3.63, 3.8) is 0 Å². The van der Waals surface area contributed by atoms with E-state index in [1.165, 1.54) is 0 Å². The van der Waals surface area contributed by atoms with Crippen LogP contribution in [-0.2, 0) is 6.54 Å². The Labute approximate surface area is 154 Å². The summed E-state index contributed by atoms with van der Waals surface area (Å²) in [6.45, 7) is 9.04. The van der Waals surface area contributed by atoms with E-state index < -0.39 is 0 Å². The highest BCUT2D eigenvalue weighted by Gasteiger charge is 2.06. The van der Waals surface area contributed by atoms with Gasteiger partial charge in [0, 0.05) is 36.7 Å². The molecular formula is C16H23IN6. The van der Waals surface area contributed by atoms with Crippen LogP contribution in [0.5, 0.6) is 0 Å². The monoisotopic (exact) mass is 426 g/mol. The van der Waals surface area contributed by atoms with E-state index in [4.69, 9.17) is 0 Å². The number of rotatable bonds is 6. The molecular weight excluding hydrogens is 403 g/mol. The Morgan fingerprint density at radius 1 is 1.39 bits per heavy atom. The fraction of sp³-hybridized carbons (Fsp3) is 0.312. The number of pyridine rings is 1. The van der Waals surface area contributed by atoms with Crippen LogP contribution in [-0.4, -0.2) is 33.3 Å². The molecule has 2 rings (SSSR count). The molecule has 0 amide bonds. The van der Waals surface area contributed by atoms with E-state index in [2.05, 4.69) is 46.1 Å². The summed E-state index contributed by atoms with van der Waals surface area (Å²) in [6.07, 6.45) is 7.17. The van der Waals surface area contributed by atoms with E-state index in [0.29, 0.717) is 19.1 Å². The van der Waals surface area contributed by atoms with Crippen LogP contribution in [0, 0.1) is 0 Å². The van der Waals surface area contributed by atoms with Gasteiger partial charge in [-0.25, -0.2) is 14.7 Å². The smallest absolute Gasteiger partial charge is 0.192 e. The van der Waals surface area contributed by atoms with Crippen LogP contribution in [0.15, 0.2) is 54.4 Å². The van der Waals surface area contributed by atoms with Crippen molar-refractivity contribution < 1.29 is 0 Å². The van der Waals surface area contributed by atoms with Crippen molar-refractivity contribution in [1.82, 2.24) is 25.4 Å². The van der Waals surface area contributed by atoms with Gasteiger partial charge in [0.2, 0.25) is 0 Å². The summed E-state index contributed by atoms with van der Waals surface area (Å²) in [7, 11) is 0. The molecule has 2 heterocycles. The zero-order chi connectivity index (χ0) is 15.8. The molecule has 0 aliphatic heterocycles. The van der Waals surface area contributed by atoms with Gasteiger partial charge in [0.25, 0.3) is 0 Å². The lowest BCUT2D eigenvalue weighted by Crippen LogP contribution is -2.41. The van der Waals surface area contributed by atoms with Crippen LogP contribution >= 0.6 is 24.0 Å². The molecule has 0 aromatic carbocycles. The van der Waals surface area contributed by atoms with Gasteiger partial charge < -0.3 is 10.6 Å². The first-order valence-electron chi connectivity index (χ1n) is 7.30. The van der Waals surface area contributed by atoms with Crippen molar-refractivity contribution >= 4 is 29.9 Å². The average molecular weight is 426 g/mol. The zero-order valence-electron chi connectivity index (χ0n) is 13.4. The highest BCUT2D eigenvalue weighted by atomic mass is 127. The highest BCUT2D eigenvalue weighted by molar-refractivity contribution is 14.0. The van der Waals surface area contributed by atoms with Gasteiger partial charge in [0.15, 0.2) is 11.8 Å². The summed E-state index contributed by atoms with van der Waals surface area (Å²) < 4.78 is 1.75. The summed E-state index contributed by atoms with van der Waals surface area (Å²) in [5.74, 6) is 1.55. The van der Waals surface area contributed by atoms with E-state index in [9.17, 15) is 0 Å². The van der Waals surface area contributed by atoms with E-state index in [1.54, 1.807) is 23.2 Å². The van der Waals surface area contributed by atoms with Gasteiger partial charge in [-0.1, -0.05) is 12.1 Å². The van der Waals surface area contributed by atoms with Crippen molar-refractivity contribution in [2.45, 2.75) is 26.4 Å². The molecule has 0 fully saturated rings. The molecule has 2 aromatic rings. The van der Waals surface area contributed by atoms with Crippen molar-refractivity contribution in [2.75, 3.05) is 6.54 Å². The fourth-order valence-electron chi connectivity index (χ4n) is 1.91. The normalized spacial score (nSPS) is 11.0. The fourth-order valence-corrected chi connectivity index (χ4v) is 1.91. The topological polar surface area (TPSA) is 67.1 Å². The van der Waals surface area contributed by atoms with Gasteiger partial charge in [-0.3, -0.25) is 0 Å². The summed E-state index contributed by atoms with van der Waals surface area (Å²) in [4.78, 5) is 9.00. The van der Waals surface area contributed by atoms with E-state index >= 15 is 0 Å². The van der Waals surface area contributed by atoms with E-state index in [0.717, 1.165) is 17.3 Å². The number of hydrogen-bond donors (Lipinski definition) is 2. The third kappa shape index (κ3) is 6.01. The molecule has 7 heteroatoms. The third-order valence-corrected chi connectivity index (χ3v) is 2.84. The molecule has 2 aromatic heterocycles. The standard InChI is InChI=1S/C16H22N6.HI/c1-4-8-18-16(21-13(2)3)19-12-14-7-5-9-17-15(14)22-11-6-10-20-22;/h4-7,9-11,13H,1,8,12H2,2-3H3,(H2,18,19,21);1H. The number of aliphatic imine (C=N–C) groups is 1. The number of hydrogen-bond acceptors (Lipinski definition) is 3. The van der Waals surface area contributed by atoms with Gasteiger partial charge in [0.05, 0.1) is 6.54 Å². The van der Waals surface area contributed by atoms with Gasteiger partial charge >= 0.3 is 0 Å². The number of nitrogens with one attached hydrogen (secondary N) is 2. The van der Waals surface area contributed by atoms with Crippen LogP contribution in [0.3, 0.4) is 0 Å². The first kappa shape index (κ1) is 19.1. The van der Waals surface area contributed by atoms with Crippen LogP contribution < -0.4 is 10.6 Å². The number of aromatic nitrogens is 3. The maximum absolute atomic E-state index is 4.61. The lowest BCUT2D eigenvalue weighted by atomic mass is 10.2. The van der Waals surface area contributed by atoms with Gasteiger partial charge in [-0.15, -0.1) is 30.6 Å². The van der Waals surface area contributed by atoms with Crippen LogP contribution in [0.4, 0.5) is 0 Å². The highest BCUT2D eigenvalue weighted by Crippen LogP contribution is 2.11. The predicted octanol–water partition coefficient (Wildman–Crippen LogP) is 2.51. The minimum Gasteiger partial charge on any atom is -0.354 e. The SMILES string of the molecule is C=CCNC(=NCc1cccnc1-n1cccn1)NC(C)C.I. The van der Waals surface area contributed by atoms with Gasteiger partial charge in [-0.05, 0) is 26.0 Å². The molecule has 0 saturated carbocycles. The van der Waals surface area contributed by atoms with Crippen molar-refractivity contribution in [1.29, 1.82) is 0 Å². The summed E-state index contributed by atoms with van der Waals surface area (Å²) in [6, 6.07) is 6.09. The zero-order valence-corrected chi connectivity index (χ0v) is 15.8. The quantitative estimate of drug-likeness (QED) is 0.323. The first-order valence-corrected chi connectivity index (χ1v) is 7.30. The molecule has 6 nitrogen and oxygen atoms in total. The van der Waals surface area contributed by atoms with E-state index in [-0.39, 0.29) is 24.0 Å². The Morgan fingerprint density at radius 3 is 2.87 bits per heavy atom. The van der Waals surface area contributed by atoms with Gasteiger partial charge in [0.1, 0.15) is 0 Å². The van der Waals surface area contributed by atoms with Crippen LogP contribution in [0.25, 0.3) is 5.82 Å². The molecule has 124 valence electrons. The molecule has 23 heavy (non-hydrogen) atoms. The molecule has 0 aliphatic rings. The van der Waals surface area contributed by atoms with Crippen molar-refractivity contribution in [3.05, 3.63) is 55.0 Å². The molecule has 0 atom stereocenters. The lowest BCUT2D eigenvalue weighted by molar-refractivity contribution is 0.704. The Kier molecular flexibility index (Phi) is 8.31. The number of guanidine groups is 1. The second kappa shape index (κ2) is 9.98. The minimum atomic E-state index is 0.